The van der Waals surface area contributed by atoms with Crippen LogP contribution >= 0.6 is 150 Å². The van der Waals surface area contributed by atoms with E-state index in [1.54, 1.807) is 27.7 Å². The van der Waals surface area contributed by atoms with Gasteiger partial charge in [0, 0.05) is 59.3 Å². The summed E-state index contributed by atoms with van der Waals surface area (Å²) in [5.41, 5.74) is 14.2. The summed E-state index contributed by atoms with van der Waals surface area (Å²) in [5.74, 6) is -0.473. The van der Waals surface area contributed by atoms with Gasteiger partial charge in [-0.3, -0.25) is 14.8 Å². The maximum atomic E-state index is 11.4. The van der Waals surface area contributed by atoms with Crippen molar-refractivity contribution in [1.82, 2.24) is 39.7 Å². The van der Waals surface area contributed by atoms with Gasteiger partial charge in [0.05, 0.1) is 80.5 Å². The Morgan fingerprint density at radius 1 is 0.588 bits per heavy atom. The second-order valence-corrected chi connectivity index (χ2v) is 26.4. The predicted octanol–water partition coefficient (Wildman–Crippen LogP) is 20.9. The summed E-state index contributed by atoms with van der Waals surface area (Å²) in [5, 5.41) is 18.5. The standard InChI is InChI=1S/C26H19ClIN3.C9H9Cl2NO2.C8H6ClIN2.C8H7ClN2.C7H7Cl2NO.C7H5Cl2NO.C4H8O.C2H6/c1-18-24-22(17-23(27)29-18)31(30-25(24)28)26(19-11-5-2-6-12-19,20-13-7-3-8-14-20)21-15-9-4-10-16-21;1-3-14-9(13)8-5(2)12-7(11)4-6(8)10;1-4-7-5(2-6(9)12-4)3-11-8(7)10;1-5-7-4-10-3-6(7)2-8(9)11-5;2*1-4-5(3-11)6(8)2-7(9)10-4;1-2-4-5-3-1;1-2/h2-17H,1H3;4H,3H2,1-2H3;2H,3H2,1H3;2,4H,3H2,1H3;2,11H,3H2,1H3;2-3H,1H3;1-4H2;1-2H3. The minimum absolute atomic E-state index is 0.102. The van der Waals surface area contributed by atoms with Crippen molar-refractivity contribution < 1.29 is 24.2 Å². The summed E-state index contributed by atoms with van der Waals surface area (Å²) >= 11 is 56.6. The number of hydrogen-bond acceptors (Lipinski definition) is 14. The number of aromatic nitrogens is 8. The van der Waals surface area contributed by atoms with Gasteiger partial charge in [-0.05, 0) is 165 Å². The van der Waals surface area contributed by atoms with Crippen molar-refractivity contribution in [2.45, 2.75) is 100 Å². The number of aliphatic hydroxyl groups is 1. The summed E-state index contributed by atoms with van der Waals surface area (Å²) in [4.78, 5) is 54.7. The smallest absolute Gasteiger partial charge is 0.341 e. The highest BCUT2D eigenvalue weighted by atomic mass is 127. The highest BCUT2D eigenvalue weighted by molar-refractivity contribution is 14.1. The number of carbonyl (C=O) groups is 2. The predicted molar refractivity (Wildman–Crippen MR) is 414 cm³/mol. The van der Waals surface area contributed by atoms with Crippen LogP contribution in [0.25, 0.3) is 10.9 Å². The lowest BCUT2D eigenvalue weighted by molar-refractivity contribution is 0.0525. The van der Waals surface area contributed by atoms with Crippen molar-refractivity contribution in [3.63, 3.8) is 0 Å². The molecule has 3 aliphatic heterocycles. The normalized spacial score (nSPS) is 12.1. The molecule has 508 valence electrons. The molecule has 0 saturated carbocycles. The van der Waals surface area contributed by atoms with E-state index < -0.39 is 11.5 Å². The molecule has 1 saturated heterocycles. The molecule has 0 bridgehead atoms. The first-order valence-corrected chi connectivity index (χ1v) is 35.7. The molecule has 26 heteroatoms. The lowest BCUT2D eigenvalue weighted by Crippen LogP contribution is -2.38. The summed E-state index contributed by atoms with van der Waals surface area (Å²) in [6.45, 7) is 20.4. The molecule has 0 radical (unpaired) electrons. The fourth-order valence-corrected chi connectivity index (χ4v) is 14.4. The monoisotopic (exact) mass is 1710 g/mol. The van der Waals surface area contributed by atoms with E-state index in [9.17, 15) is 9.59 Å². The van der Waals surface area contributed by atoms with Gasteiger partial charge in [0.2, 0.25) is 0 Å². The molecule has 15 nitrogen and oxygen atoms in total. The zero-order valence-electron chi connectivity index (χ0n) is 54.1. The lowest BCUT2D eigenvalue weighted by atomic mass is 9.77. The highest BCUT2D eigenvalue weighted by Gasteiger charge is 2.41. The molecule has 1 fully saturated rings. The number of benzene rings is 3. The molecule has 13 rings (SSSR count). The first-order chi connectivity index (χ1) is 46.4. The Labute approximate surface area is 637 Å². The zero-order valence-corrected chi connectivity index (χ0v) is 65.3. The lowest BCUT2D eigenvalue weighted by Gasteiger charge is -2.37. The Morgan fingerprint density at radius 3 is 1.54 bits per heavy atom. The second-order valence-electron chi connectivity index (χ2n) is 20.8. The molecule has 0 atom stereocenters. The van der Waals surface area contributed by atoms with Crippen LogP contribution in [0.4, 0.5) is 0 Å². The molecule has 97 heavy (non-hydrogen) atoms. The van der Waals surface area contributed by atoms with Crippen molar-refractivity contribution in [2.24, 2.45) is 9.98 Å². The van der Waals surface area contributed by atoms with Gasteiger partial charge in [-0.1, -0.05) is 209 Å². The number of fused-ring (bicyclic) bond motifs is 3. The second kappa shape index (κ2) is 39.5. The van der Waals surface area contributed by atoms with Crippen molar-refractivity contribution in [1.29, 1.82) is 0 Å². The summed E-state index contributed by atoms with van der Waals surface area (Å²) in [6, 6.07) is 41.6. The Morgan fingerprint density at radius 2 is 1.05 bits per heavy atom. The molecule has 0 aliphatic carbocycles. The van der Waals surface area contributed by atoms with Crippen LogP contribution in [0.2, 0.25) is 46.0 Å². The number of carbonyl (C=O) groups excluding carboxylic acids is 2. The number of aliphatic hydroxyl groups excluding tert-OH is 1. The summed E-state index contributed by atoms with van der Waals surface area (Å²) in [6.07, 6.45) is 5.08. The number of ether oxygens (including phenoxy) is 2. The third kappa shape index (κ3) is 21.5. The van der Waals surface area contributed by atoms with E-state index in [0.717, 1.165) is 84.0 Å². The van der Waals surface area contributed by atoms with E-state index in [2.05, 4.69) is 163 Å². The van der Waals surface area contributed by atoms with Crippen LogP contribution in [-0.2, 0) is 34.7 Å². The SMILES string of the molecule is C1CCOC1.CC.CCOC(=O)c1c(Cl)cc(Cl)nc1C.Cc1nc(Cl)cc(Cl)c1C=O.Cc1nc(Cl)cc(Cl)c1CO.Cc1nc(Cl)cc2c1C(I)=NC2.Cc1nc(Cl)cc2c1C=NC2.Cc1nc(Cl)cc2c1c(I)nn2C(c1ccccc1)(c1ccccc1)c1ccccc1. The molecular weight excluding hydrogens is 1650 g/mol. The molecule has 10 heterocycles. The molecule has 0 spiro atoms. The van der Waals surface area contributed by atoms with Crippen LogP contribution in [0.5, 0.6) is 0 Å². The maximum Gasteiger partial charge on any atom is 0.341 e. The average molecular weight is 1710 g/mol. The molecule has 7 aromatic heterocycles. The number of halogens is 11. The van der Waals surface area contributed by atoms with Crippen molar-refractivity contribution >= 4 is 183 Å². The quantitative estimate of drug-likeness (QED) is 0.0498. The minimum Gasteiger partial charge on any atom is -0.462 e. The Bertz CT molecular complexity index is 4210. The van der Waals surface area contributed by atoms with Crippen LogP contribution in [0.3, 0.4) is 0 Å². The zero-order chi connectivity index (χ0) is 71.1. The first kappa shape index (κ1) is 80.5. The van der Waals surface area contributed by atoms with Gasteiger partial charge in [0.15, 0.2) is 6.29 Å². The van der Waals surface area contributed by atoms with E-state index in [1.807, 2.05) is 77.2 Å². The molecule has 3 aliphatic rings. The molecule has 3 aromatic carbocycles. The van der Waals surface area contributed by atoms with Crippen LogP contribution in [0, 0.1) is 45.2 Å². The third-order valence-corrected chi connectivity index (χ3v) is 18.2. The number of aryl methyl sites for hydroxylation is 6. The number of hydrogen-bond donors (Lipinski definition) is 1. The number of aldehydes is 1. The topological polar surface area (TPSA) is 193 Å². The van der Waals surface area contributed by atoms with Gasteiger partial charge in [0.25, 0.3) is 0 Å². The first-order valence-electron chi connectivity index (χ1n) is 30.1. The molecular formula is C71H67Cl9I2N10O5. The van der Waals surface area contributed by atoms with Gasteiger partial charge in [0.1, 0.15) is 43.9 Å². The average Bonchev–Trinajstić information content (AvgIpc) is 1.66. The minimum atomic E-state index is -0.678. The van der Waals surface area contributed by atoms with Gasteiger partial charge < -0.3 is 14.6 Å². The Balaban J connectivity index is 0.000000191. The number of esters is 1. The van der Waals surface area contributed by atoms with Gasteiger partial charge >= 0.3 is 5.97 Å². The van der Waals surface area contributed by atoms with Crippen LogP contribution in [0.1, 0.15) is 133 Å². The Kier molecular flexibility index (Phi) is 32.8. The van der Waals surface area contributed by atoms with E-state index >= 15 is 0 Å². The van der Waals surface area contributed by atoms with Crippen LogP contribution in [-0.4, -0.2) is 86.8 Å². The van der Waals surface area contributed by atoms with Crippen LogP contribution < -0.4 is 0 Å². The van der Waals surface area contributed by atoms with Gasteiger partial charge in [-0.25, -0.2) is 39.4 Å². The number of nitrogens with zero attached hydrogens (tertiary/aromatic N) is 10. The Hall–Kier alpha value is -5.50. The largest absolute Gasteiger partial charge is 0.462 e. The molecule has 0 unspecified atom stereocenters. The van der Waals surface area contributed by atoms with Crippen molar-refractivity contribution in [2.75, 3.05) is 19.8 Å². The fourth-order valence-electron chi connectivity index (χ4n) is 10.1. The maximum absolute atomic E-state index is 11.4. The molecule has 10 aromatic rings. The van der Waals surface area contributed by atoms with Crippen molar-refractivity contribution in [3.05, 3.63) is 267 Å². The van der Waals surface area contributed by atoms with E-state index in [0.29, 0.717) is 76.9 Å². The molecule has 1 N–H and O–H groups in total. The number of aliphatic imine (C=N–C) groups is 2. The number of rotatable bonds is 8. The van der Waals surface area contributed by atoms with Gasteiger partial charge in [-0.2, -0.15) is 5.10 Å². The van der Waals surface area contributed by atoms with Crippen molar-refractivity contribution in [3.8, 4) is 0 Å². The van der Waals surface area contributed by atoms with E-state index in [4.69, 9.17) is 124 Å². The summed E-state index contributed by atoms with van der Waals surface area (Å²) in [7, 11) is 0. The van der Waals surface area contributed by atoms with E-state index in [1.165, 1.54) is 47.7 Å². The van der Waals surface area contributed by atoms with Crippen LogP contribution in [0.15, 0.2) is 137 Å². The third-order valence-electron chi connectivity index (χ3n) is 14.4. The summed E-state index contributed by atoms with van der Waals surface area (Å²) < 4.78 is 13.8. The molecule has 0 amide bonds. The fraction of sp³-hybridized carbons (Fsp3) is 0.254. The van der Waals surface area contributed by atoms with E-state index in [-0.39, 0.29) is 22.3 Å². The van der Waals surface area contributed by atoms with Gasteiger partial charge in [-0.15, -0.1) is 0 Å². The highest BCUT2D eigenvalue weighted by Crippen LogP contribution is 2.44. The number of pyridine rings is 6.